The van der Waals surface area contributed by atoms with Crippen LogP contribution in [0, 0.1) is 11.8 Å². The lowest BCUT2D eigenvalue weighted by atomic mass is 9.85. The smallest absolute Gasteiger partial charge is 0.405 e. The lowest BCUT2D eigenvalue weighted by Crippen LogP contribution is -2.37. The molecule has 2 bridgehead atoms. The van der Waals surface area contributed by atoms with Gasteiger partial charge in [-0.05, 0) is 38.2 Å². The van der Waals surface area contributed by atoms with Crippen LogP contribution < -0.4 is 16.4 Å². The SMILES string of the molecule is C=CCNC1=C2C[C@@H](C)C[C@@H](OC)[C@@H](O)[C@@H](C)/C=C(\C)[C@H](OC(N)=O)[C@@H](OC)/C=C\C=C(/C)C(=O)NC(=CC1=O)C2=O. The number of amides is 2. The third-order valence-electron chi connectivity index (χ3n) is 7.22. The molecule has 1 heterocycles. The number of aliphatic hydroxyl groups excluding tert-OH is 1. The molecule has 230 valence electrons. The maximum atomic E-state index is 13.5. The Morgan fingerprint density at radius 1 is 1.21 bits per heavy atom. The first kappa shape index (κ1) is 34.4. The molecule has 0 unspecified atom stereocenters. The number of primary amides is 1. The molecule has 6 atom stereocenters. The van der Waals surface area contributed by atoms with Crippen LogP contribution in [-0.4, -0.2) is 73.9 Å². The molecule has 0 saturated carbocycles. The number of rotatable bonds is 6. The minimum Gasteiger partial charge on any atom is -0.439 e. The van der Waals surface area contributed by atoms with Crippen LogP contribution in [0.4, 0.5) is 4.79 Å². The Bertz CT molecular complexity index is 1210. The standard InChI is InChI=1S/C31H43N3O8/c1-8-12-33-26-21-13-17(2)14-25(41-7)27(36)19(4)15-20(5)29(42-31(32)39)24(40-6)11-9-10-18(3)30(38)34-22(28(21)37)16-23(26)35/h8-11,15-17,19,24-25,27,29,33,36H,1,12-14H2,2-7H3,(H2,32,39)(H,34,38)/b11-9-,18-10+,20-15+/t17-,19+,24+,25-,27+,29+/m1/s1. The van der Waals surface area contributed by atoms with Gasteiger partial charge in [0, 0.05) is 43.9 Å². The van der Waals surface area contributed by atoms with Crippen molar-refractivity contribution in [2.75, 3.05) is 20.8 Å². The van der Waals surface area contributed by atoms with Gasteiger partial charge in [-0.15, -0.1) is 6.58 Å². The van der Waals surface area contributed by atoms with Crippen LogP contribution in [0.3, 0.4) is 0 Å². The summed E-state index contributed by atoms with van der Waals surface area (Å²) in [5.74, 6) is -2.14. The number of allylic oxidation sites excluding steroid dienone is 4. The van der Waals surface area contributed by atoms with Crippen molar-refractivity contribution in [3.05, 3.63) is 71.1 Å². The zero-order chi connectivity index (χ0) is 31.6. The van der Waals surface area contributed by atoms with Gasteiger partial charge in [0.1, 0.15) is 6.10 Å². The van der Waals surface area contributed by atoms with Crippen LogP contribution in [0.25, 0.3) is 0 Å². The minimum atomic E-state index is -1.00. The van der Waals surface area contributed by atoms with E-state index >= 15 is 0 Å². The van der Waals surface area contributed by atoms with E-state index in [9.17, 15) is 24.3 Å². The van der Waals surface area contributed by atoms with Crippen LogP contribution in [0.2, 0.25) is 0 Å². The van der Waals surface area contributed by atoms with Gasteiger partial charge in [-0.3, -0.25) is 14.4 Å². The quantitative estimate of drug-likeness (QED) is 0.271. The molecule has 0 saturated heterocycles. The number of aliphatic hydroxyl groups is 1. The van der Waals surface area contributed by atoms with Crippen molar-refractivity contribution in [3.63, 3.8) is 0 Å². The van der Waals surface area contributed by atoms with Gasteiger partial charge in [0.05, 0.1) is 23.6 Å². The third-order valence-corrected chi connectivity index (χ3v) is 7.22. The monoisotopic (exact) mass is 585 g/mol. The summed E-state index contributed by atoms with van der Waals surface area (Å²) in [7, 11) is 2.92. The first-order chi connectivity index (χ1) is 19.8. The van der Waals surface area contributed by atoms with Gasteiger partial charge in [-0.25, -0.2) is 4.79 Å². The maximum absolute atomic E-state index is 13.5. The van der Waals surface area contributed by atoms with E-state index in [2.05, 4.69) is 17.2 Å². The molecular formula is C31H43N3O8. The molecule has 2 rings (SSSR count). The van der Waals surface area contributed by atoms with Crippen LogP contribution in [0.5, 0.6) is 0 Å². The van der Waals surface area contributed by atoms with E-state index in [1.165, 1.54) is 20.3 Å². The molecule has 0 aromatic rings. The zero-order valence-corrected chi connectivity index (χ0v) is 25.1. The second-order valence-corrected chi connectivity index (χ2v) is 10.6. The average Bonchev–Trinajstić information content (AvgIpc) is 2.94. The van der Waals surface area contributed by atoms with Crippen LogP contribution in [0.15, 0.2) is 71.1 Å². The predicted octanol–water partition coefficient (Wildman–Crippen LogP) is 2.54. The maximum Gasteiger partial charge on any atom is 0.405 e. The first-order valence-electron chi connectivity index (χ1n) is 13.8. The van der Waals surface area contributed by atoms with E-state index in [-0.39, 0.29) is 41.4 Å². The number of fused-ring (bicyclic) bond motifs is 2. The van der Waals surface area contributed by atoms with Gasteiger partial charge < -0.3 is 35.7 Å². The summed E-state index contributed by atoms with van der Waals surface area (Å²) in [6, 6.07) is 0. The number of nitrogens with two attached hydrogens (primary N) is 1. The summed E-state index contributed by atoms with van der Waals surface area (Å²) < 4.78 is 16.6. The van der Waals surface area contributed by atoms with Gasteiger partial charge in [0.15, 0.2) is 6.10 Å². The third kappa shape index (κ3) is 9.10. The van der Waals surface area contributed by atoms with Crippen LogP contribution in [0.1, 0.15) is 40.5 Å². The number of carbonyl (C=O) groups is 4. The van der Waals surface area contributed by atoms with Gasteiger partial charge >= 0.3 is 6.09 Å². The van der Waals surface area contributed by atoms with Crippen molar-refractivity contribution in [2.45, 2.75) is 65.0 Å². The predicted molar refractivity (Wildman–Crippen MR) is 158 cm³/mol. The molecule has 2 aliphatic rings. The normalized spacial score (nSPS) is 31.6. The number of methoxy groups -OCH3 is 2. The van der Waals surface area contributed by atoms with Crippen molar-refractivity contribution < 1.29 is 38.5 Å². The second-order valence-electron chi connectivity index (χ2n) is 10.6. The van der Waals surface area contributed by atoms with Crippen molar-refractivity contribution in [1.29, 1.82) is 0 Å². The first-order valence-corrected chi connectivity index (χ1v) is 13.8. The Balaban J connectivity index is 2.62. The number of ketones is 2. The zero-order valence-electron chi connectivity index (χ0n) is 25.1. The number of Topliss-reactive ketones (excluding diaryl/α,β-unsaturated/α-hetero) is 1. The van der Waals surface area contributed by atoms with Crippen molar-refractivity contribution in [1.82, 2.24) is 10.6 Å². The van der Waals surface area contributed by atoms with E-state index in [4.69, 9.17) is 19.9 Å². The molecule has 2 amide bonds. The van der Waals surface area contributed by atoms with E-state index in [1.54, 1.807) is 45.1 Å². The Hall–Kier alpha value is -3.80. The van der Waals surface area contributed by atoms with Crippen molar-refractivity contribution in [3.8, 4) is 0 Å². The van der Waals surface area contributed by atoms with Gasteiger partial charge in [-0.2, -0.15) is 0 Å². The van der Waals surface area contributed by atoms with E-state index < -0.39 is 53.9 Å². The number of hydrogen-bond acceptors (Lipinski definition) is 9. The Kier molecular flexibility index (Phi) is 13.1. The molecule has 0 aromatic heterocycles. The van der Waals surface area contributed by atoms with E-state index in [0.717, 1.165) is 6.08 Å². The number of hydrogen-bond donors (Lipinski definition) is 4. The molecule has 0 radical (unpaired) electrons. The molecule has 0 fully saturated rings. The van der Waals surface area contributed by atoms with Gasteiger partial charge in [-0.1, -0.05) is 44.2 Å². The molecule has 0 spiro atoms. The topological polar surface area (TPSA) is 166 Å². The molecule has 5 N–H and O–H groups in total. The van der Waals surface area contributed by atoms with Gasteiger partial charge in [0.25, 0.3) is 5.91 Å². The molecule has 42 heavy (non-hydrogen) atoms. The van der Waals surface area contributed by atoms with E-state index in [1.807, 2.05) is 6.92 Å². The van der Waals surface area contributed by atoms with Crippen molar-refractivity contribution >= 4 is 23.6 Å². The summed E-state index contributed by atoms with van der Waals surface area (Å²) in [4.78, 5) is 51.3. The van der Waals surface area contributed by atoms with Crippen molar-refractivity contribution in [2.24, 2.45) is 17.6 Å². The molecule has 1 aliphatic heterocycles. The van der Waals surface area contributed by atoms with Gasteiger partial charge in [0.2, 0.25) is 11.6 Å². The fraction of sp³-hybridized carbons (Fsp3) is 0.484. The highest BCUT2D eigenvalue weighted by atomic mass is 16.6. The largest absolute Gasteiger partial charge is 0.439 e. The average molecular weight is 586 g/mol. The fourth-order valence-electron chi connectivity index (χ4n) is 4.95. The lowest BCUT2D eigenvalue weighted by molar-refractivity contribution is -0.120. The van der Waals surface area contributed by atoms with Crippen LogP contribution in [-0.2, 0) is 28.6 Å². The summed E-state index contributed by atoms with van der Waals surface area (Å²) >= 11 is 0. The number of ether oxygens (including phenoxy) is 3. The summed E-state index contributed by atoms with van der Waals surface area (Å²) in [6.45, 7) is 10.9. The highest BCUT2D eigenvalue weighted by Crippen LogP contribution is 2.28. The number of carbonyl (C=O) groups excluding carboxylic acids is 4. The molecule has 0 aromatic carbocycles. The molecule has 11 heteroatoms. The highest BCUT2D eigenvalue weighted by molar-refractivity contribution is 6.23. The molecule has 11 nitrogen and oxygen atoms in total. The Morgan fingerprint density at radius 2 is 1.90 bits per heavy atom. The summed E-state index contributed by atoms with van der Waals surface area (Å²) in [6.07, 6.45) is 5.34. The second kappa shape index (κ2) is 16.0. The highest BCUT2D eigenvalue weighted by Gasteiger charge is 2.33. The lowest BCUT2D eigenvalue weighted by Gasteiger charge is -2.30. The fourth-order valence-corrected chi connectivity index (χ4v) is 4.95. The molecular weight excluding hydrogens is 542 g/mol. The summed E-state index contributed by atoms with van der Waals surface area (Å²) in [5, 5.41) is 16.7. The van der Waals surface area contributed by atoms with Crippen LogP contribution >= 0.6 is 0 Å². The number of nitrogens with one attached hydrogen (secondary N) is 2. The Labute approximate surface area is 247 Å². The minimum absolute atomic E-state index is 0.132. The summed E-state index contributed by atoms with van der Waals surface area (Å²) in [5.41, 5.74) is 6.42. The van der Waals surface area contributed by atoms with E-state index in [0.29, 0.717) is 12.0 Å². The molecule has 1 aliphatic carbocycles. The Morgan fingerprint density at radius 3 is 2.50 bits per heavy atom.